The fourth-order valence-electron chi connectivity index (χ4n) is 2.89. The summed E-state index contributed by atoms with van der Waals surface area (Å²) < 4.78 is 0. The normalized spacial score (nSPS) is 17.2. The van der Waals surface area contributed by atoms with Gasteiger partial charge in [-0.3, -0.25) is 0 Å². The van der Waals surface area contributed by atoms with Gasteiger partial charge in [0.1, 0.15) is 0 Å². The number of nitrogens with one attached hydrogen (secondary N) is 1. The van der Waals surface area contributed by atoms with Crippen molar-refractivity contribution in [3.05, 3.63) is 23.3 Å². The number of nitrogen functional groups attached to an aromatic ring is 1. The molecule has 0 radical (unpaired) electrons. The van der Waals surface area contributed by atoms with Gasteiger partial charge >= 0.3 is 5.97 Å². The van der Waals surface area contributed by atoms with Crippen LogP contribution in [-0.4, -0.2) is 17.1 Å². The summed E-state index contributed by atoms with van der Waals surface area (Å²) in [6, 6.07) is 4.05. The Morgan fingerprint density at radius 3 is 2.40 bits per heavy atom. The zero-order valence-electron chi connectivity index (χ0n) is 12.1. The predicted molar refractivity (Wildman–Crippen MR) is 82.3 cm³/mol. The first-order valence-corrected chi connectivity index (χ1v) is 7.48. The van der Waals surface area contributed by atoms with Crippen molar-refractivity contribution < 1.29 is 9.90 Å². The number of aryl methyl sites for hydroxylation is 1. The van der Waals surface area contributed by atoms with Gasteiger partial charge in [-0.2, -0.15) is 0 Å². The van der Waals surface area contributed by atoms with Crippen LogP contribution in [0.25, 0.3) is 0 Å². The molecule has 0 bridgehead atoms. The second-order valence-electron chi connectivity index (χ2n) is 5.75. The Kier molecular flexibility index (Phi) is 4.88. The van der Waals surface area contributed by atoms with Gasteiger partial charge in [0, 0.05) is 17.4 Å². The van der Waals surface area contributed by atoms with Crippen LogP contribution in [0.5, 0.6) is 0 Å². The molecule has 0 aliphatic heterocycles. The molecule has 0 aromatic heterocycles. The third-order valence-electron chi connectivity index (χ3n) is 4.09. The van der Waals surface area contributed by atoms with Crippen molar-refractivity contribution in [2.75, 3.05) is 11.1 Å². The minimum atomic E-state index is -0.966. The molecule has 1 aromatic carbocycles. The molecule has 0 unspecified atom stereocenters. The van der Waals surface area contributed by atoms with Crippen molar-refractivity contribution in [2.24, 2.45) is 0 Å². The lowest BCUT2D eigenvalue weighted by molar-refractivity contribution is 0.0698. The quantitative estimate of drug-likeness (QED) is 0.734. The Hall–Kier alpha value is -1.71. The van der Waals surface area contributed by atoms with E-state index >= 15 is 0 Å². The van der Waals surface area contributed by atoms with Crippen molar-refractivity contribution in [3.8, 4) is 0 Å². The summed E-state index contributed by atoms with van der Waals surface area (Å²) in [7, 11) is 0. The third kappa shape index (κ3) is 3.65. The number of hydrogen-bond donors (Lipinski definition) is 3. The van der Waals surface area contributed by atoms with E-state index in [1.165, 1.54) is 32.1 Å². The molecule has 2 rings (SSSR count). The van der Waals surface area contributed by atoms with Crippen molar-refractivity contribution in [1.29, 1.82) is 0 Å². The van der Waals surface area contributed by atoms with Gasteiger partial charge in [0.15, 0.2) is 0 Å². The summed E-state index contributed by atoms with van der Waals surface area (Å²) in [5, 5.41) is 12.7. The molecule has 4 nitrogen and oxygen atoms in total. The molecule has 1 aliphatic rings. The van der Waals surface area contributed by atoms with E-state index in [9.17, 15) is 9.90 Å². The van der Waals surface area contributed by atoms with Crippen LogP contribution in [0.4, 0.5) is 11.4 Å². The van der Waals surface area contributed by atoms with Crippen LogP contribution in [0.15, 0.2) is 12.1 Å². The predicted octanol–water partition coefficient (Wildman–Crippen LogP) is 3.80. The SMILES string of the molecule is Cc1cc(NC2CCCCCCC2)cc(C(=O)O)c1N. The second kappa shape index (κ2) is 6.64. The van der Waals surface area contributed by atoms with Crippen molar-refractivity contribution >= 4 is 17.3 Å². The lowest BCUT2D eigenvalue weighted by Gasteiger charge is -2.23. The Bertz CT molecular complexity index is 478. The molecule has 1 aromatic rings. The average Bonchev–Trinajstić information content (AvgIpc) is 2.36. The van der Waals surface area contributed by atoms with E-state index in [1.54, 1.807) is 6.07 Å². The summed E-state index contributed by atoms with van der Waals surface area (Å²) in [5.74, 6) is -0.966. The molecule has 4 N–H and O–H groups in total. The van der Waals surface area contributed by atoms with Crippen LogP contribution in [0.2, 0.25) is 0 Å². The van der Waals surface area contributed by atoms with E-state index in [0.717, 1.165) is 24.1 Å². The summed E-state index contributed by atoms with van der Waals surface area (Å²) >= 11 is 0. The van der Waals surface area contributed by atoms with Gasteiger partial charge in [-0.05, 0) is 37.5 Å². The summed E-state index contributed by atoms with van der Waals surface area (Å²) in [4.78, 5) is 11.2. The van der Waals surface area contributed by atoms with Crippen LogP contribution >= 0.6 is 0 Å². The molecular formula is C16H24N2O2. The van der Waals surface area contributed by atoms with E-state index < -0.39 is 5.97 Å². The standard InChI is InChI=1S/C16H24N2O2/c1-11-9-13(10-14(15(11)17)16(19)20)18-12-7-5-3-2-4-6-8-12/h9-10,12,18H,2-8,17H2,1H3,(H,19,20). The topological polar surface area (TPSA) is 75.3 Å². The van der Waals surface area contributed by atoms with E-state index in [4.69, 9.17) is 5.73 Å². The lowest BCUT2D eigenvalue weighted by Crippen LogP contribution is -2.21. The molecule has 110 valence electrons. The summed E-state index contributed by atoms with van der Waals surface area (Å²) in [6.07, 6.45) is 8.77. The van der Waals surface area contributed by atoms with Gasteiger partial charge in [-0.1, -0.05) is 32.1 Å². The number of benzene rings is 1. The van der Waals surface area contributed by atoms with Gasteiger partial charge in [0.25, 0.3) is 0 Å². The van der Waals surface area contributed by atoms with E-state index in [0.29, 0.717) is 11.7 Å². The zero-order valence-corrected chi connectivity index (χ0v) is 12.1. The molecule has 0 spiro atoms. The highest BCUT2D eigenvalue weighted by molar-refractivity contribution is 5.95. The number of hydrogen-bond acceptors (Lipinski definition) is 3. The molecule has 1 fully saturated rings. The number of carboxylic acid groups (broad SMARTS) is 1. The van der Waals surface area contributed by atoms with Gasteiger partial charge in [-0.15, -0.1) is 0 Å². The van der Waals surface area contributed by atoms with Gasteiger partial charge in [0.05, 0.1) is 5.56 Å². The highest BCUT2D eigenvalue weighted by atomic mass is 16.4. The van der Waals surface area contributed by atoms with E-state index in [1.807, 2.05) is 13.0 Å². The van der Waals surface area contributed by atoms with Crippen LogP contribution in [0.1, 0.15) is 60.9 Å². The van der Waals surface area contributed by atoms with Gasteiger partial charge in [0.2, 0.25) is 0 Å². The van der Waals surface area contributed by atoms with Crippen LogP contribution in [0, 0.1) is 6.92 Å². The molecule has 1 aliphatic carbocycles. The highest BCUT2D eigenvalue weighted by Gasteiger charge is 2.15. The average molecular weight is 276 g/mol. The number of aromatic carboxylic acids is 1. The first-order chi connectivity index (χ1) is 9.58. The molecule has 0 saturated heterocycles. The summed E-state index contributed by atoms with van der Waals surface area (Å²) in [5.41, 5.74) is 8.07. The largest absolute Gasteiger partial charge is 0.478 e. The monoisotopic (exact) mass is 276 g/mol. The Labute approximate surface area is 120 Å². The maximum absolute atomic E-state index is 11.2. The molecule has 1 saturated carbocycles. The Morgan fingerprint density at radius 1 is 1.20 bits per heavy atom. The molecular weight excluding hydrogens is 252 g/mol. The number of anilines is 2. The molecule has 4 heteroatoms. The Balaban J connectivity index is 2.13. The number of rotatable bonds is 3. The maximum Gasteiger partial charge on any atom is 0.337 e. The minimum absolute atomic E-state index is 0.193. The maximum atomic E-state index is 11.2. The molecule has 20 heavy (non-hydrogen) atoms. The first-order valence-electron chi connectivity index (χ1n) is 7.48. The number of nitrogens with two attached hydrogens (primary N) is 1. The molecule has 0 heterocycles. The van der Waals surface area contributed by atoms with Crippen LogP contribution in [0.3, 0.4) is 0 Å². The van der Waals surface area contributed by atoms with E-state index in [-0.39, 0.29) is 5.56 Å². The fraction of sp³-hybridized carbons (Fsp3) is 0.562. The third-order valence-corrected chi connectivity index (χ3v) is 4.09. The smallest absolute Gasteiger partial charge is 0.337 e. The van der Waals surface area contributed by atoms with Crippen molar-refractivity contribution in [2.45, 2.75) is 57.9 Å². The Morgan fingerprint density at radius 2 is 1.80 bits per heavy atom. The summed E-state index contributed by atoms with van der Waals surface area (Å²) in [6.45, 7) is 1.85. The van der Waals surface area contributed by atoms with Crippen LogP contribution < -0.4 is 11.1 Å². The fourth-order valence-corrected chi connectivity index (χ4v) is 2.89. The van der Waals surface area contributed by atoms with Gasteiger partial charge < -0.3 is 16.2 Å². The number of carbonyl (C=O) groups is 1. The van der Waals surface area contributed by atoms with Gasteiger partial charge in [-0.25, -0.2) is 4.79 Å². The van der Waals surface area contributed by atoms with Crippen molar-refractivity contribution in [3.63, 3.8) is 0 Å². The van der Waals surface area contributed by atoms with E-state index in [2.05, 4.69) is 5.32 Å². The molecule has 0 amide bonds. The number of carboxylic acids is 1. The minimum Gasteiger partial charge on any atom is -0.478 e. The lowest BCUT2D eigenvalue weighted by atomic mass is 9.96. The van der Waals surface area contributed by atoms with Crippen molar-refractivity contribution in [1.82, 2.24) is 0 Å². The first kappa shape index (κ1) is 14.7. The molecule has 0 atom stereocenters. The zero-order chi connectivity index (χ0) is 14.5. The second-order valence-corrected chi connectivity index (χ2v) is 5.75. The van der Waals surface area contributed by atoms with Crippen LogP contribution in [-0.2, 0) is 0 Å². The highest BCUT2D eigenvalue weighted by Crippen LogP contribution is 2.26.